The van der Waals surface area contributed by atoms with Crippen LogP contribution in [0.4, 0.5) is 11.4 Å². The molecular formula is C18H20N2O4. The summed E-state index contributed by atoms with van der Waals surface area (Å²) in [6.07, 6.45) is 1.06. The Hall–Kier alpha value is -2.89. The molecule has 0 radical (unpaired) electrons. The molecular weight excluding hydrogens is 308 g/mol. The van der Waals surface area contributed by atoms with Gasteiger partial charge in [0.2, 0.25) is 0 Å². The predicted molar refractivity (Wildman–Crippen MR) is 92.4 cm³/mol. The van der Waals surface area contributed by atoms with E-state index in [-0.39, 0.29) is 18.2 Å². The first kappa shape index (κ1) is 17.5. The predicted octanol–water partition coefficient (Wildman–Crippen LogP) is 4.13. The first-order valence-electron chi connectivity index (χ1n) is 7.76. The fraction of sp³-hybridized carbons (Fsp3) is 0.278. The number of hydrogen-bond donors (Lipinski definition) is 1. The van der Waals surface area contributed by atoms with Gasteiger partial charge in [-0.05, 0) is 42.2 Å². The number of non-ortho nitro benzene ring substituents is 1. The number of nitro groups is 1. The van der Waals surface area contributed by atoms with Crippen LogP contribution >= 0.6 is 0 Å². The third kappa shape index (κ3) is 4.81. The molecule has 2 aromatic rings. The standard InChI is InChI=1S/C18H20N2O4/c1-3-13(2)14-4-6-15(7-5-14)19-18(21)12-24-17-10-8-16(9-11-17)20(22)23/h4-11,13H,3,12H2,1-2H3,(H,19,21)/t13-/m0/s1. The van der Waals surface area contributed by atoms with E-state index >= 15 is 0 Å². The van der Waals surface area contributed by atoms with Crippen LogP contribution in [0.5, 0.6) is 5.75 Å². The van der Waals surface area contributed by atoms with Crippen molar-refractivity contribution in [1.82, 2.24) is 0 Å². The smallest absolute Gasteiger partial charge is 0.269 e. The largest absolute Gasteiger partial charge is 0.484 e. The summed E-state index contributed by atoms with van der Waals surface area (Å²) in [7, 11) is 0. The summed E-state index contributed by atoms with van der Waals surface area (Å²) in [6, 6.07) is 13.3. The Balaban J connectivity index is 1.85. The Morgan fingerprint density at radius 3 is 2.33 bits per heavy atom. The maximum absolute atomic E-state index is 11.9. The van der Waals surface area contributed by atoms with Gasteiger partial charge in [-0.15, -0.1) is 0 Å². The number of amides is 1. The number of rotatable bonds is 7. The van der Waals surface area contributed by atoms with Crippen LogP contribution in [0.25, 0.3) is 0 Å². The van der Waals surface area contributed by atoms with Crippen LogP contribution < -0.4 is 10.1 Å². The van der Waals surface area contributed by atoms with Crippen molar-refractivity contribution in [3.05, 3.63) is 64.2 Å². The molecule has 0 aliphatic carbocycles. The van der Waals surface area contributed by atoms with E-state index in [2.05, 4.69) is 19.2 Å². The summed E-state index contributed by atoms with van der Waals surface area (Å²) in [5, 5.41) is 13.3. The molecule has 2 rings (SSSR count). The number of hydrogen-bond acceptors (Lipinski definition) is 4. The van der Waals surface area contributed by atoms with Crippen molar-refractivity contribution in [1.29, 1.82) is 0 Å². The molecule has 0 aliphatic rings. The molecule has 0 saturated heterocycles. The maximum Gasteiger partial charge on any atom is 0.269 e. The second-order valence-corrected chi connectivity index (χ2v) is 5.52. The molecule has 6 heteroatoms. The Morgan fingerprint density at radius 2 is 1.79 bits per heavy atom. The van der Waals surface area contributed by atoms with E-state index in [1.165, 1.54) is 29.8 Å². The Labute approximate surface area is 140 Å². The van der Waals surface area contributed by atoms with Gasteiger partial charge >= 0.3 is 0 Å². The van der Waals surface area contributed by atoms with Gasteiger partial charge < -0.3 is 10.1 Å². The van der Waals surface area contributed by atoms with Gasteiger partial charge in [0.15, 0.2) is 6.61 Å². The second kappa shape index (κ2) is 8.10. The topological polar surface area (TPSA) is 81.5 Å². The molecule has 0 saturated carbocycles. The summed E-state index contributed by atoms with van der Waals surface area (Å²) in [6.45, 7) is 4.13. The first-order valence-corrected chi connectivity index (χ1v) is 7.76. The summed E-state index contributed by atoms with van der Waals surface area (Å²) >= 11 is 0. The number of ether oxygens (including phenoxy) is 1. The van der Waals surface area contributed by atoms with Crippen molar-refractivity contribution in [2.24, 2.45) is 0 Å². The fourth-order valence-corrected chi connectivity index (χ4v) is 2.14. The van der Waals surface area contributed by atoms with Gasteiger partial charge in [-0.2, -0.15) is 0 Å². The Bertz CT molecular complexity index is 696. The van der Waals surface area contributed by atoms with Gasteiger partial charge in [-0.25, -0.2) is 0 Å². The lowest BCUT2D eigenvalue weighted by Gasteiger charge is -2.11. The molecule has 1 amide bonds. The third-order valence-electron chi connectivity index (χ3n) is 3.79. The zero-order valence-corrected chi connectivity index (χ0v) is 13.7. The van der Waals surface area contributed by atoms with Crippen molar-refractivity contribution >= 4 is 17.3 Å². The molecule has 0 fully saturated rings. The molecule has 1 N–H and O–H groups in total. The van der Waals surface area contributed by atoms with E-state index in [1.54, 1.807) is 0 Å². The zero-order chi connectivity index (χ0) is 17.5. The van der Waals surface area contributed by atoms with Crippen LogP contribution in [0, 0.1) is 10.1 Å². The summed E-state index contributed by atoms with van der Waals surface area (Å²) in [5.74, 6) is 0.604. The molecule has 0 bridgehead atoms. The first-order chi connectivity index (χ1) is 11.5. The summed E-state index contributed by atoms with van der Waals surface area (Å²) < 4.78 is 5.32. The van der Waals surface area contributed by atoms with E-state index < -0.39 is 4.92 Å². The zero-order valence-electron chi connectivity index (χ0n) is 13.7. The van der Waals surface area contributed by atoms with Crippen molar-refractivity contribution < 1.29 is 14.5 Å². The van der Waals surface area contributed by atoms with Gasteiger partial charge in [0.1, 0.15) is 5.75 Å². The van der Waals surface area contributed by atoms with Crippen molar-refractivity contribution in [2.75, 3.05) is 11.9 Å². The van der Waals surface area contributed by atoms with E-state index in [4.69, 9.17) is 4.74 Å². The minimum Gasteiger partial charge on any atom is -0.484 e. The Morgan fingerprint density at radius 1 is 1.17 bits per heavy atom. The van der Waals surface area contributed by atoms with Crippen LogP contribution in [-0.2, 0) is 4.79 Å². The molecule has 0 unspecified atom stereocenters. The minimum atomic E-state index is -0.487. The number of carbonyl (C=O) groups excluding carboxylic acids is 1. The lowest BCUT2D eigenvalue weighted by Crippen LogP contribution is -2.20. The average molecular weight is 328 g/mol. The molecule has 0 spiro atoms. The lowest BCUT2D eigenvalue weighted by molar-refractivity contribution is -0.384. The quantitative estimate of drug-likeness (QED) is 0.612. The van der Waals surface area contributed by atoms with Crippen molar-refractivity contribution in [3.63, 3.8) is 0 Å². The lowest BCUT2D eigenvalue weighted by atomic mass is 9.99. The summed E-state index contributed by atoms with van der Waals surface area (Å²) in [5.41, 5.74) is 1.92. The molecule has 2 aromatic carbocycles. The number of anilines is 1. The molecule has 1 atom stereocenters. The van der Waals surface area contributed by atoms with Crippen LogP contribution in [0.2, 0.25) is 0 Å². The minimum absolute atomic E-state index is 0.0202. The number of carbonyl (C=O) groups is 1. The number of nitro benzene ring substituents is 1. The third-order valence-corrected chi connectivity index (χ3v) is 3.79. The number of nitrogens with zero attached hydrogens (tertiary/aromatic N) is 1. The Kier molecular flexibility index (Phi) is 5.89. The summed E-state index contributed by atoms with van der Waals surface area (Å²) in [4.78, 5) is 22.0. The monoisotopic (exact) mass is 328 g/mol. The highest BCUT2D eigenvalue weighted by atomic mass is 16.6. The molecule has 0 heterocycles. The number of benzene rings is 2. The van der Waals surface area contributed by atoms with E-state index in [0.717, 1.165) is 6.42 Å². The molecule has 6 nitrogen and oxygen atoms in total. The highest BCUT2D eigenvalue weighted by Crippen LogP contribution is 2.20. The highest BCUT2D eigenvalue weighted by molar-refractivity contribution is 5.91. The van der Waals surface area contributed by atoms with Gasteiger partial charge in [-0.3, -0.25) is 14.9 Å². The van der Waals surface area contributed by atoms with Crippen LogP contribution in [0.15, 0.2) is 48.5 Å². The van der Waals surface area contributed by atoms with Crippen LogP contribution in [0.3, 0.4) is 0 Å². The molecule has 0 aromatic heterocycles. The molecule has 24 heavy (non-hydrogen) atoms. The van der Waals surface area contributed by atoms with Crippen LogP contribution in [0.1, 0.15) is 31.7 Å². The van der Waals surface area contributed by atoms with E-state index in [9.17, 15) is 14.9 Å². The highest BCUT2D eigenvalue weighted by Gasteiger charge is 2.08. The van der Waals surface area contributed by atoms with Gasteiger partial charge in [0.25, 0.3) is 11.6 Å². The van der Waals surface area contributed by atoms with E-state index in [0.29, 0.717) is 17.4 Å². The maximum atomic E-state index is 11.9. The number of nitrogens with one attached hydrogen (secondary N) is 1. The van der Waals surface area contributed by atoms with E-state index in [1.807, 2.05) is 24.3 Å². The fourth-order valence-electron chi connectivity index (χ4n) is 2.14. The van der Waals surface area contributed by atoms with Gasteiger partial charge in [0.05, 0.1) is 4.92 Å². The normalized spacial score (nSPS) is 11.6. The second-order valence-electron chi connectivity index (χ2n) is 5.52. The van der Waals surface area contributed by atoms with Crippen LogP contribution in [-0.4, -0.2) is 17.4 Å². The average Bonchev–Trinajstić information content (AvgIpc) is 2.60. The van der Waals surface area contributed by atoms with Gasteiger partial charge in [-0.1, -0.05) is 26.0 Å². The van der Waals surface area contributed by atoms with Crippen molar-refractivity contribution in [3.8, 4) is 5.75 Å². The van der Waals surface area contributed by atoms with Crippen molar-refractivity contribution in [2.45, 2.75) is 26.2 Å². The molecule has 126 valence electrons. The van der Waals surface area contributed by atoms with Gasteiger partial charge in [0, 0.05) is 17.8 Å². The SMILES string of the molecule is CC[C@H](C)c1ccc(NC(=O)COc2ccc([N+](=O)[O-])cc2)cc1. The molecule has 0 aliphatic heterocycles.